The summed E-state index contributed by atoms with van der Waals surface area (Å²) in [6.45, 7) is 5.06. The molecule has 0 aliphatic carbocycles. The fraction of sp³-hybridized carbons (Fsp3) is 0.476. The van der Waals surface area contributed by atoms with Crippen LogP contribution in [0.2, 0.25) is 0 Å². The van der Waals surface area contributed by atoms with E-state index in [0.717, 1.165) is 37.7 Å². The molecule has 1 aliphatic rings. The SMILES string of the molecule is CN=C(NCC1CCN(Cc2cccs2)CC1)N(C)Cc1ccc(F)cc1. The molecule has 0 atom stereocenters. The number of thiophene rings is 1. The van der Waals surface area contributed by atoms with E-state index >= 15 is 0 Å². The van der Waals surface area contributed by atoms with Gasteiger partial charge in [-0.15, -0.1) is 11.3 Å². The number of rotatable bonds is 6. The number of nitrogens with zero attached hydrogens (tertiary/aromatic N) is 3. The zero-order valence-corrected chi connectivity index (χ0v) is 17.0. The van der Waals surface area contributed by atoms with E-state index in [1.807, 2.05) is 37.6 Å². The molecule has 6 heteroatoms. The van der Waals surface area contributed by atoms with Crippen LogP contribution in [0, 0.1) is 11.7 Å². The van der Waals surface area contributed by atoms with Crippen molar-refractivity contribution in [3.8, 4) is 0 Å². The lowest BCUT2D eigenvalue weighted by molar-refractivity contribution is 0.179. The van der Waals surface area contributed by atoms with Gasteiger partial charge < -0.3 is 10.2 Å². The quantitative estimate of drug-likeness (QED) is 0.603. The average Bonchev–Trinajstić information content (AvgIpc) is 3.18. The molecule has 0 saturated carbocycles. The lowest BCUT2D eigenvalue weighted by Gasteiger charge is -2.32. The number of hydrogen-bond acceptors (Lipinski definition) is 3. The summed E-state index contributed by atoms with van der Waals surface area (Å²) in [5, 5.41) is 5.67. The van der Waals surface area contributed by atoms with Gasteiger partial charge in [-0.05, 0) is 61.0 Å². The van der Waals surface area contributed by atoms with Crippen molar-refractivity contribution in [2.45, 2.75) is 25.9 Å². The lowest BCUT2D eigenvalue weighted by atomic mass is 9.97. The van der Waals surface area contributed by atoms with Gasteiger partial charge in [-0.3, -0.25) is 9.89 Å². The monoisotopic (exact) mass is 388 g/mol. The molecule has 0 spiro atoms. The van der Waals surface area contributed by atoms with Crippen LogP contribution in [-0.2, 0) is 13.1 Å². The molecule has 1 aromatic heterocycles. The van der Waals surface area contributed by atoms with Crippen molar-refractivity contribution in [2.24, 2.45) is 10.9 Å². The first kappa shape index (κ1) is 19.8. The normalized spacial score (nSPS) is 16.5. The number of benzene rings is 1. The number of nitrogens with one attached hydrogen (secondary N) is 1. The molecule has 0 radical (unpaired) electrons. The van der Waals surface area contributed by atoms with Crippen molar-refractivity contribution >= 4 is 17.3 Å². The van der Waals surface area contributed by atoms with Gasteiger partial charge in [-0.2, -0.15) is 0 Å². The molecular weight excluding hydrogens is 359 g/mol. The van der Waals surface area contributed by atoms with Gasteiger partial charge in [0.2, 0.25) is 0 Å². The van der Waals surface area contributed by atoms with Gasteiger partial charge in [0.15, 0.2) is 5.96 Å². The summed E-state index contributed by atoms with van der Waals surface area (Å²) >= 11 is 1.84. The minimum Gasteiger partial charge on any atom is -0.356 e. The Morgan fingerprint density at radius 1 is 1.26 bits per heavy atom. The topological polar surface area (TPSA) is 30.9 Å². The van der Waals surface area contributed by atoms with Crippen LogP contribution in [0.1, 0.15) is 23.3 Å². The first-order valence-corrected chi connectivity index (χ1v) is 10.4. The minimum atomic E-state index is -0.200. The summed E-state index contributed by atoms with van der Waals surface area (Å²) in [4.78, 5) is 10.5. The van der Waals surface area contributed by atoms with Crippen LogP contribution in [-0.4, -0.2) is 49.5 Å². The molecule has 1 aromatic carbocycles. The van der Waals surface area contributed by atoms with Crippen LogP contribution in [0.15, 0.2) is 46.8 Å². The second-order valence-corrected chi connectivity index (χ2v) is 8.24. The van der Waals surface area contributed by atoms with Gasteiger partial charge >= 0.3 is 0 Å². The Morgan fingerprint density at radius 2 is 2.00 bits per heavy atom. The Morgan fingerprint density at radius 3 is 2.63 bits per heavy atom. The maximum atomic E-state index is 13.1. The third-order valence-corrected chi connectivity index (χ3v) is 5.98. The fourth-order valence-corrected chi connectivity index (χ4v) is 4.28. The largest absolute Gasteiger partial charge is 0.356 e. The van der Waals surface area contributed by atoms with Crippen molar-refractivity contribution < 1.29 is 4.39 Å². The van der Waals surface area contributed by atoms with E-state index in [0.29, 0.717) is 12.5 Å². The molecule has 146 valence electrons. The molecule has 1 aliphatic heterocycles. The summed E-state index contributed by atoms with van der Waals surface area (Å²) in [6.07, 6.45) is 2.44. The Hall–Kier alpha value is -1.92. The van der Waals surface area contributed by atoms with Crippen molar-refractivity contribution in [3.63, 3.8) is 0 Å². The molecule has 1 N–H and O–H groups in total. The van der Waals surface area contributed by atoms with Crippen molar-refractivity contribution in [1.29, 1.82) is 0 Å². The highest BCUT2D eigenvalue weighted by Gasteiger charge is 2.20. The minimum absolute atomic E-state index is 0.200. The molecule has 0 unspecified atom stereocenters. The smallest absolute Gasteiger partial charge is 0.193 e. The molecular formula is C21H29FN4S. The molecule has 4 nitrogen and oxygen atoms in total. The highest BCUT2D eigenvalue weighted by atomic mass is 32.1. The summed E-state index contributed by atoms with van der Waals surface area (Å²) in [5.41, 5.74) is 1.07. The van der Waals surface area contributed by atoms with Crippen LogP contribution >= 0.6 is 11.3 Å². The van der Waals surface area contributed by atoms with Gasteiger partial charge in [-0.1, -0.05) is 18.2 Å². The van der Waals surface area contributed by atoms with Gasteiger partial charge in [-0.25, -0.2) is 4.39 Å². The third-order valence-electron chi connectivity index (χ3n) is 5.12. The van der Waals surface area contributed by atoms with E-state index in [9.17, 15) is 4.39 Å². The Balaban J connectivity index is 1.41. The molecule has 27 heavy (non-hydrogen) atoms. The molecule has 1 fully saturated rings. The summed E-state index contributed by atoms with van der Waals surface area (Å²) < 4.78 is 13.1. The van der Waals surface area contributed by atoms with Crippen molar-refractivity contribution in [1.82, 2.24) is 15.1 Å². The predicted octanol–water partition coefficient (Wildman–Crippen LogP) is 3.81. The fourth-order valence-electron chi connectivity index (χ4n) is 3.53. The molecule has 2 heterocycles. The maximum absolute atomic E-state index is 13.1. The van der Waals surface area contributed by atoms with Gasteiger partial charge in [0.25, 0.3) is 0 Å². The standard InChI is InChI=1S/C21H29FN4S/c1-23-21(25(2)15-18-5-7-19(22)8-6-18)24-14-17-9-11-26(12-10-17)16-20-4-3-13-27-20/h3-8,13,17H,9-12,14-16H2,1-2H3,(H,23,24). The van der Waals surface area contributed by atoms with E-state index in [1.165, 1.54) is 29.9 Å². The van der Waals surface area contributed by atoms with Gasteiger partial charge in [0, 0.05) is 38.6 Å². The number of likely N-dealkylation sites (tertiary alicyclic amines) is 1. The molecule has 1 saturated heterocycles. The van der Waals surface area contributed by atoms with Gasteiger partial charge in [0.1, 0.15) is 5.82 Å². The van der Waals surface area contributed by atoms with Crippen LogP contribution < -0.4 is 5.32 Å². The number of piperidine rings is 1. The second kappa shape index (κ2) is 9.85. The van der Waals surface area contributed by atoms with E-state index in [4.69, 9.17) is 0 Å². The van der Waals surface area contributed by atoms with E-state index < -0.39 is 0 Å². The molecule has 0 amide bonds. The van der Waals surface area contributed by atoms with Crippen LogP contribution in [0.5, 0.6) is 0 Å². The molecule has 2 aromatic rings. The summed E-state index contributed by atoms with van der Waals surface area (Å²) in [5.74, 6) is 1.37. The van der Waals surface area contributed by atoms with Crippen LogP contribution in [0.3, 0.4) is 0 Å². The van der Waals surface area contributed by atoms with Crippen molar-refractivity contribution in [2.75, 3.05) is 33.7 Å². The van der Waals surface area contributed by atoms with E-state index in [2.05, 4.69) is 37.6 Å². The highest BCUT2D eigenvalue weighted by Crippen LogP contribution is 2.20. The Labute approximate surface area is 165 Å². The number of guanidine groups is 1. The average molecular weight is 389 g/mol. The number of aliphatic imine (C=N–C) groups is 1. The highest BCUT2D eigenvalue weighted by molar-refractivity contribution is 7.09. The predicted molar refractivity (Wildman–Crippen MR) is 112 cm³/mol. The number of hydrogen-bond donors (Lipinski definition) is 1. The maximum Gasteiger partial charge on any atom is 0.193 e. The first-order valence-electron chi connectivity index (χ1n) is 9.55. The van der Waals surface area contributed by atoms with Crippen molar-refractivity contribution in [3.05, 3.63) is 58.0 Å². The third kappa shape index (κ3) is 6.04. The van der Waals surface area contributed by atoms with Crippen LogP contribution in [0.4, 0.5) is 4.39 Å². The Kier molecular flexibility index (Phi) is 7.24. The first-order chi connectivity index (χ1) is 13.1. The van der Waals surface area contributed by atoms with Gasteiger partial charge in [0.05, 0.1) is 0 Å². The molecule has 3 rings (SSSR count). The van der Waals surface area contributed by atoms with E-state index in [-0.39, 0.29) is 5.82 Å². The second-order valence-electron chi connectivity index (χ2n) is 7.21. The lowest BCUT2D eigenvalue weighted by Crippen LogP contribution is -2.43. The molecule has 0 bridgehead atoms. The number of halogens is 1. The van der Waals surface area contributed by atoms with E-state index in [1.54, 1.807) is 0 Å². The zero-order valence-electron chi connectivity index (χ0n) is 16.2. The zero-order chi connectivity index (χ0) is 19.1. The summed E-state index contributed by atoms with van der Waals surface area (Å²) in [6, 6.07) is 11.0. The summed E-state index contributed by atoms with van der Waals surface area (Å²) in [7, 11) is 3.83. The van der Waals surface area contributed by atoms with Crippen LogP contribution in [0.25, 0.3) is 0 Å². The Bertz CT molecular complexity index is 706.